The highest BCUT2D eigenvalue weighted by molar-refractivity contribution is 5.74. The van der Waals surface area contributed by atoms with Crippen LogP contribution in [0.25, 0.3) is 0 Å². The van der Waals surface area contributed by atoms with Crippen LogP contribution in [0.3, 0.4) is 0 Å². The van der Waals surface area contributed by atoms with Crippen LogP contribution in [-0.2, 0) is 0 Å². The maximum Gasteiger partial charge on any atom is 0.317 e. The van der Waals surface area contributed by atoms with Crippen molar-refractivity contribution in [3.63, 3.8) is 0 Å². The zero-order valence-corrected chi connectivity index (χ0v) is 12.1. The quantitative estimate of drug-likeness (QED) is 0.826. The standard InChI is InChI=1S/C14H20N4O3/c1-3-8-15-14(19)18-9-4-5-11(10-18)21-13-7-6-12(20-2)16-17-13/h3,6-7,11H,1,4-5,8-10H2,2H3,(H,15,19). The summed E-state index contributed by atoms with van der Waals surface area (Å²) in [7, 11) is 1.53. The van der Waals surface area contributed by atoms with Crippen molar-refractivity contribution in [2.75, 3.05) is 26.7 Å². The van der Waals surface area contributed by atoms with Crippen molar-refractivity contribution in [2.45, 2.75) is 18.9 Å². The van der Waals surface area contributed by atoms with Crippen LogP contribution >= 0.6 is 0 Å². The second-order valence-corrected chi connectivity index (χ2v) is 4.72. The summed E-state index contributed by atoms with van der Waals surface area (Å²) in [5, 5.41) is 10.6. The van der Waals surface area contributed by atoms with Crippen molar-refractivity contribution in [2.24, 2.45) is 0 Å². The van der Waals surface area contributed by atoms with E-state index in [1.165, 1.54) is 7.11 Å². The predicted octanol–water partition coefficient (Wildman–Crippen LogP) is 1.22. The second-order valence-electron chi connectivity index (χ2n) is 4.72. The number of amides is 2. The number of hydrogen-bond acceptors (Lipinski definition) is 5. The van der Waals surface area contributed by atoms with Crippen LogP contribution in [0.1, 0.15) is 12.8 Å². The summed E-state index contributed by atoms with van der Waals surface area (Å²) in [5.41, 5.74) is 0. The lowest BCUT2D eigenvalue weighted by molar-refractivity contribution is 0.0972. The van der Waals surface area contributed by atoms with E-state index in [0.29, 0.717) is 24.8 Å². The van der Waals surface area contributed by atoms with Crippen molar-refractivity contribution in [3.05, 3.63) is 24.8 Å². The molecule has 0 bridgehead atoms. The Morgan fingerprint density at radius 1 is 1.52 bits per heavy atom. The maximum atomic E-state index is 11.9. The summed E-state index contributed by atoms with van der Waals surface area (Å²) in [4.78, 5) is 13.7. The van der Waals surface area contributed by atoms with Gasteiger partial charge in [-0.15, -0.1) is 16.8 Å². The average molecular weight is 292 g/mol. The molecule has 1 aromatic rings. The number of ether oxygens (including phenoxy) is 2. The van der Waals surface area contributed by atoms with Crippen LogP contribution in [0.4, 0.5) is 4.79 Å². The smallest absolute Gasteiger partial charge is 0.317 e. The van der Waals surface area contributed by atoms with E-state index in [9.17, 15) is 4.79 Å². The van der Waals surface area contributed by atoms with Gasteiger partial charge in [-0.1, -0.05) is 6.08 Å². The zero-order valence-electron chi connectivity index (χ0n) is 12.1. The summed E-state index contributed by atoms with van der Waals surface area (Å²) < 4.78 is 10.7. The lowest BCUT2D eigenvalue weighted by atomic mass is 10.1. The Labute approximate surface area is 123 Å². The molecule has 7 heteroatoms. The maximum absolute atomic E-state index is 11.9. The van der Waals surface area contributed by atoms with Crippen LogP contribution in [0.2, 0.25) is 0 Å². The lowest BCUT2D eigenvalue weighted by Crippen LogP contribution is -2.48. The molecule has 0 spiro atoms. The molecule has 0 radical (unpaired) electrons. The molecule has 2 amide bonds. The highest BCUT2D eigenvalue weighted by Gasteiger charge is 2.24. The van der Waals surface area contributed by atoms with E-state index in [-0.39, 0.29) is 12.1 Å². The molecular weight excluding hydrogens is 272 g/mol. The normalized spacial score (nSPS) is 18.0. The fraction of sp³-hybridized carbons (Fsp3) is 0.500. The number of carbonyl (C=O) groups is 1. The van der Waals surface area contributed by atoms with Gasteiger partial charge < -0.3 is 19.7 Å². The van der Waals surface area contributed by atoms with E-state index in [2.05, 4.69) is 22.1 Å². The molecule has 1 aliphatic rings. The van der Waals surface area contributed by atoms with Gasteiger partial charge in [0, 0.05) is 25.2 Å². The Morgan fingerprint density at radius 3 is 2.95 bits per heavy atom. The van der Waals surface area contributed by atoms with Gasteiger partial charge in [-0.3, -0.25) is 0 Å². The van der Waals surface area contributed by atoms with E-state index in [0.717, 1.165) is 19.4 Å². The molecule has 1 saturated heterocycles. The van der Waals surface area contributed by atoms with Gasteiger partial charge in [0.1, 0.15) is 6.10 Å². The lowest BCUT2D eigenvalue weighted by Gasteiger charge is -2.32. The molecule has 2 heterocycles. The predicted molar refractivity (Wildman–Crippen MR) is 77.4 cm³/mol. The van der Waals surface area contributed by atoms with Crippen molar-refractivity contribution < 1.29 is 14.3 Å². The molecule has 1 aromatic heterocycles. The van der Waals surface area contributed by atoms with Gasteiger partial charge in [0.2, 0.25) is 11.8 Å². The Bertz CT molecular complexity index is 478. The number of methoxy groups -OCH3 is 1. The summed E-state index contributed by atoms with van der Waals surface area (Å²) in [6.07, 6.45) is 3.37. The third kappa shape index (κ3) is 4.34. The van der Waals surface area contributed by atoms with Crippen molar-refractivity contribution >= 4 is 6.03 Å². The molecule has 2 rings (SSSR count). The highest BCUT2D eigenvalue weighted by Crippen LogP contribution is 2.17. The van der Waals surface area contributed by atoms with Gasteiger partial charge in [0.25, 0.3) is 0 Å². The van der Waals surface area contributed by atoms with Crippen LogP contribution in [0.5, 0.6) is 11.8 Å². The van der Waals surface area contributed by atoms with Gasteiger partial charge in [-0.05, 0) is 12.8 Å². The number of nitrogens with one attached hydrogen (secondary N) is 1. The van der Waals surface area contributed by atoms with Crippen LogP contribution in [0.15, 0.2) is 24.8 Å². The topological polar surface area (TPSA) is 76.6 Å². The second kappa shape index (κ2) is 7.47. The number of nitrogens with zero attached hydrogens (tertiary/aromatic N) is 3. The fourth-order valence-electron chi connectivity index (χ4n) is 2.14. The molecule has 1 aliphatic heterocycles. The number of likely N-dealkylation sites (tertiary alicyclic amines) is 1. The van der Waals surface area contributed by atoms with E-state index in [4.69, 9.17) is 9.47 Å². The van der Waals surface area contributed by atoms with Gasteiger partial charge in [0.05, 0.1) is 13.7 Å². The van der Waals surface area contributed by atoms with Crippen LogP contribution in [0, 0.1) is 0 Å². The van der Waals surface area contributed by atoms with Crippen LogP contribution in [-0.4, -0.2) is 54.0 Å². The molecule has 1 fully saturated rings. The molecule has 0 aromatic carbocycles. The Morgan fingerprint density at radius 2 is 2.29 bits per heavy atom. The first kappa shape index (κ1) is 15.1. The largest absolute Gasteiger partial charge is 0.480 e. The first-order chi connectivity index (χ1) is 10.2. The third-order valence-electron chi connectivity index (χ3n) is 3.18. The molecule has 0 saturated carbocycles. The van der Waals surface area contributed by atoms with Gasteiger partial charge in [-0.25, -0.2) is 4.79 Å². The van der Waals surface area contributed by atoms with Gasteiger partial charge in [-0.2, -0.15) is 0 Å². The Kier molecular flexibility index (Phi) is 5.36. The number of urea groups is 1. The third-order valence-corrected chi connectivity index (χ3v) is 3.18. The highest BCUT2D eigenvalue weighted by atomic mass is 16.5. The van der Waals surface area contributed by atoms with Crippen molar-refractivity contribution in [1.82, 2.24) is 20.4 Å². The SMILES string of the molecule is C=CCNC(=O)N1CCCC(Oc2ccc(OC)nn2)C1. The monoisotopic (exact) mass is 292 g/mol. The molecule has 0 aliphatic carbocycles. The minimum absolute atomic E-state index is 0.0732. The van der Waals surface area contributed by atoms with Gasteiger partial charge >= 0.3 is 6.03 Å². The first-order valence-electron chi connectivity index (χ1n) is 6.91. The molecule has 1 atom stereocenters. The fourth-order valence-corrected chi connectivity index (χ4v) is 2.14. The summed E-state index contributed by atoms with van der Waals surface area (Å²) >= 11 is 0. The summed E-state index contributed by atoms with van der Waals surface area (Å²) in [5.74, 6) is 0.880. The molecule has 114 valence electrons. The van der Waals surface area contributed by atoms with E-state index >= 15 is 0 Å². The Hall–Kier alpha value is -2.31. The number of carbonyl (C=O) groups excluding carboxylic acids is 1. The van der Waals surface area contributed by atoms with Crippen molar-refractivity contribution in [3.8, 4) is 11.8 Å². The molecule has 1 N–H and O–H groups in total. The number of rotatable bonds is 5. The van der Waals surface area contributed by atoms with E-state index in [1.54, 1.807) is 23.1 Å². The summed E-state index contributed by atoms with van der Waals surface area (Å²) in [6.45, 7) is 5.31. The van der Waals surface area contributed by atoms with Crippen LogP contribution < -0.4 is 14.8 Å². The molecule has 1 unspecified atom stereocenters. The number of hydrogen-bond donors (Lipinski definition) is 1. The minimum atomic E-state index is -0.0935. The van der Waals surface area contributed by atoms with Gasteiger partial charge in [0.15, 0.2) is 0 Å². The van der Waals surface area contributed by atoms with E-state index in [1.807, 2.05) is 0 Å². The van der Waals surface area contributed by atoms with Crippen molar-refractivity contribution in [1.29, 1.82) is 0 Å². The number of aromatic nitrogens is 2. The minimum Gasteiger partial charge on any atom is -0.480 e. The molecule has 21 heavy (non-hydrogen) atoms. The average Bonchev–Trinajstić information content (AvgIpc) is 2.53. The number of piperidine rings is 1. The Balaban J connectivity index is 1.88. The molecule has 7 nitrogen and oxygen atoms in total. The van der Waals surface area contributed by atoms with E-state index < -0.39 is 0 Å². The summed E-state index contributed by atoms with van der Waals surface area (Å²) in [6, 6.07) is 3.31. The zero-order chi connectivity index (χ0) is 15.1. The molecular formula is C14H20N4O3. The first-order valence-corrected chi connectivity index (χ1v) is 6.91.